The Morgan fingerprint density at radius 2 is 1.28 bits per heavy atom. The molecule has 0 radical (unpaired) electrons. The lowest BCUT2D eigenvalue weighted by atomic mass is 10.1. The third-order valence-corrected chi connectivity index (χ3v) is 7.15. The molecule has 0 unspecified atom stereocenters. The highest BCUT2D eigenvalue weighted by Gasteiger charge is 2.21. The molecule has 5 heteroatoms. The van der Waals surface area contributed by atoms with E-state index in [-0.39, 0.29) is 0 Å². The highest BCUT2D eigenvalue weighted by atomic mass is 32.1. The van der Waals surface area contributed by atoms with Crippen molar-refractivity contribution in [3.05, 3.63) is 121 Å². The summed E-state index contributed by atoms with van der Waals surface area (Å²) in [6.07, 6.45) is 0. The summed E-state index contributed by atoms with van der Waals surface area (Å²) < 4.78 is 7.33. The number of ether oxygens (including phenoxy) is 1. The van der Waals surface area contributed by atoms with Gasteiger partial charge in [-0.15, -0.1) is 11.3 Å². The Labute approximate surface area is 214 Å². The van der Waals surface area contributed by atoms with Crippen molar-refractivity contribution >= 4 is 11.3 Å². The summed E-state index contributed by atoms with van der Waals surface area (Å²) >= 11 is 1.69. The van der Waals surface area contributed by atoms with Gasteiger partial charge < -0.3 is 4.74 Å². The number of rotatable bonds is 6. The van der Waals surface area contributed by atoms with Gasteiger partial charge in [0.05, 0.1) is 29.1 Å². The van der Waals surface area contributed by atoms with Crippen LogP contribution >= 0.6 is 11.3 Å². The largest absolute Gasteiger partial charge is 0.497 e. The van der Waals surface area contributed by atoms with Gasteiger partial charge in [-0.2, -0.15) is 5.10 Å². The van der Waals surface area contributed by atoms with Crippen molar-refractivity contribution in [1.82, 2.24) is 14.8 Å². The van der Waals surface area contributed by atoms with E-state index in [1.807, 2.05) is 59.3 Å². The monoisotopic (exact) mass is 485 g/mol. The first-order valence-electron chi connectivity index (χ1n) is 11.7. The number of methoxy groups -OCH3 is 1. The maximum atomic E-state index is 5.34. The van der Waals surface area contributed by atoms with Gasteiger partial charge in [0.2, 0.25) is 0 Å². The fraction of sp³-hybridized carbons (Fsp3) is 0.0323. The number of thiazole rings is 1. The normalized spacial score (nSPS) is 10.9. The molecule has 6 rings (SSSR count). The van der Waals surface area contributed by atoms with Gasteiger partial charge in [-0.1, -0.05) is 78.9 Å². The van der Waals surface area contributed by atoms with Crippen molar-refractivity contribution in [2.45, 2.75) is 0 Å². The summed E-state index contributed by atoms with van der Waals surface area (Å²) in [5.74, 6) is 0.821. The number of para-hydroxylation sites is 1. The number of nitrogens with zero attached hydrogens (tertiary/aromatic N) is 3. The highest BCUT2D eigenvalue weighted by Crippen LogP contribution is 2.41. The predicted molar refractivity (Wildman–Crippen MR) is 148 cm³/mol. The lowest BCUT2D eigenvalue weighted by molar-refractivity contribution is 0.415. The molecule has 0 N–H and O–H groups in total. The first-order chi connectivity index (χ1) is 17.8. The second kappa shape index (κ2) is 9.64. The molecule has 174 valence electrons. The smallest absolute Gasteiger partial charge is 0.143 e. The quantitative estimate of drug-likeness (QED) is 0.240. The van der Waals surface area contributed by atoms with Crippen LogP contribution in [0.2, 0.25) is 0 Å². The molecule has 0 saturated heterocycles. The van der Waals surface area contributed by atoms with E-state index in [1.54, 1.807) is 18.4 Å². The van der Waals surface area contributed by atoms with Gasteiger partial charge in [0, 0.05) is 11.1 Å². The van der Waals surface area contributed by atoms with Crippen LogP contribution in [0.5, 0.6) is 5.75 Å². The van der Waals surface area contributed by atoms with Crippen LogP contribution < -0.4 is 4.74 Å². The molecule has 2 heterocycles. The molecule has 0 aliphatic carbocycles. The molecule has 0 fully saturated rings. The molecule has 6 aromatic rings. The standard InChI is InChI=1S/C31H23N3OS/c1-35-26-19-17-22(18-20-26)27-21-28(34(33-27)25-15-9-4-10-16-25)31-32-29(23-11-5-2-6-12-23)30(36-31)24-13-7-3-8-14-24/h2-21H,1H3. The summed E-state index contributed by atoms with van der Waals surface area (Å²) in [6.45, 7) is 0. The third-order valence-electron chi connectivity index (χ3n) is 6.03. The molecular formula is C31H23N3OS. The molecule has 2 aromatic heterocycles. The fourth-order valence-corrected chi connectivity index (χ4v) is 5.30. The van der Waals surface area contributed by atoms with Gasteiger partial charge in [0.15, 0.2) is 0 Å². The first kappa shape index (κ1) is 22.0. The topological polar surface area (TPSA) is 39.9 Å². The molecule has 0 amide bonds. The molecule has 0 aliphatic rings. The number of aromatic nitrogens is 3. The van der Waals surface area contributed by atoms with E-state index in [2.05, 4.69) is 66.7 Å². The van der Waals surface area contributed by atoms with Gasteiger partial charge >= 0.3 is 0 Å². The summed E-state index contributed by atoms with van der Waals surface area (Å²) in [6, 6.07) is 41.1. The highest BCUT2D eigenvalue weighted by molar-refractivity contribution is 7.18. The molecule has 0 aliphatic heterocycles. The summed E-state index contributed by atoms with van der Waals surface area (Å²) in [5.41, 5.74) is 7.08. The minimum absolute atomic E-state index is 0.821. The Morgan fingerprint density at radius 1 is 0.667 bits per heavy atom. The van der Waals surface area contributed by atoms with Crippen LogP contribution in [0.25, 0.3) is 49.3 Å². The van der Waals surface area contributed by atoms with Crippen molar-refractivity contribution in [2.24, 2.45) is 0 Å². The van der Waals surface area contributed by atoms with E-state index in [9.17, 15) is 0 Å². The van der Waals surface area contributed by atoms with E-state index in [0.29, 0.717) is 0 Å². The molecule has 0 bridgehead atoms. The van der Waals surface area contributed by atoms with E-state index in [4.69, 9.17) is 14.8 Å². The summed E-state index contributed by atoms with van der Waals surface area (Å²) in [5, 5.41) is 5.93. The van der Waals surface area contributed by atoms with Gasteiger partial charge in [-0.05, 0) is 48.0 Å². The maximum Gasteiger partial charge on any atom is 0.143 e. The molecule has 4 aromatic carbocycles. The van der Waals surface area contributed by atoms with Crippen LogP contribution in [-0.4, -0.2) is 21.9 Å². The second-order valence-corrected chi connectivity index (χ2v) is 9.32. The zero-order valence-electron chi connectivity index (χ0n) is 19.7. The van der Waals surface area contributed by atoms with Crippen molar-refractivity contribution in [2.75, 3.05) is 7.11 Å². The van der Waals surface area contributed by atoms with E-state index in [0.717, 1.165) is 55.1 Å². The SMILES string of the molecule is COc1ccc(-c2cc(-c3nc(-c4ccccc4)c(-c4ccccc4)s3)n(-c3ccccc3)n2)cc1. The van der Waals surface area contributed by atoms with Crippen molar-refractivity contribution < 1.29 is 4.74 Å². The average Bonchev–Trinajstić information content (AvgIpc) is 3.60. The van der Waals surface area contributed by atoms with Crippen LogP contribution in [0.15, 0.2) is 121 Å². The number of hydrogen-bond donors (Lipinski definition) is 0. The van der Waals surface area contributed by atoms with Gasteiger partial charge in [0.25, 0.3) is 0 Å². The summed E-state index contributed by atoms with van der Waals surface area (Å²) in [7, 11) is 1.67. The molecule has 36 heavy (non-hydrogen) atoms. The molecule has 0 atom stereocenters. The van der Waals surface area contributed by atoms with Crippen molar-refractivity contribution in [1.29, 1.82) is 0 Å². The van der Waals surface area contributed by atoms with Crippen LogP contribution in [0.4, 0.5) is 0 Å². The van der Waals surface area contributed by atoms with Crippen molar-refractivity contribution in [3.63, 3.8) is 0 Å². The molecule has 4 nitrogen and oxygen atoms in total. The summed E-state index contributed by atoms with van der Waals surface area (Å²) in [4.78, 5) is 6.33. The minimum atomic E-state index is 0.821. The third kappa shape index (κ3) is 4.21. The number of benzene rings is 4. The lowest BCUT2D eigenvalue weighted by Crippen LogP contribution is -1.98. The number of hydrogen-bond acceptors (Lipinski definition) is 4. The minimum Gasteiger partial charge on any atom is -0.497 e. The van der Waals surface area contributed by atoms with E-state index in [1.165, 1.54) is 0 Å². The van der Waals surface area contributed by atoms with Crippen LogP contribution in [0.1, 0.15) is 0 Å². The fourth-order valence-electron chi connectivity index (χ4n) is 4.21. The first-order valence-corrected chi connectivity index (χ1v) is 12.5. The molecular weight excluding hydrogens is 462 g/mol. The lowest BCUT2D eigenvalue weighted by Gasteiger charge is -2.05. The van der Waals surface area contributed by atoms with E-state index < -0.39 is 0 Å². The molecule has 0 spiro atoms. The maximum absolute atomic E-state index is 5.34. The van der Waals surface area contributed by atoms with Gasteiger partial charge in [-0.25, -0.2) is 9.67 Å². The average molecular weight is 486 g/mol. The Kier molecular flexibility index (Phi) is 5.90. The molecule has 0 saturated carbocycles. The van der Waals surface area contributed by atoms with Crippen molar-refractivity contribution in [3.8, 4) is 55.1 Å². The van der Waals surface area contributed by atoms with E-state index >= 15 is 0 Å². The zero-order chi connectivity index (χ0) is 24.3. The second-order valence-electron chi connectivity index (χ2n) is 8.32. The van der Waals surface area contributed by atoms with Crippen LogP contribution in [0.3, 0.4) is 0 Å². The Morgan fingerprint density at radius 3 is 1.92 bits per heavy atom. The Balaban J connectivity index is 1.55. The predicted octanol–water partition coefficient (Wildman–Crippen LogP) is 8.01. The van der Waals surface area contributed by atoms with Gasteiger partial charge in [-0.3, -0.25) is 0 Å². The zero-order valence-corrected chi connectivity index (χ0v) is 20.5. The Hall–Kier alpha value is -4.48. The van der Waals surface area contributed by atoms with Crippen LogP contribution in [0, 0.1) is 0 Å². The Bertz CT molecular complexity index is 1530. The van der Waals surface area contributed by atoms with Crippen LogP contribution in [-0.2, 0) is 0 Å². The van der Waals surface area contributed by atoms with Gasteiger partial charge in [0.1, 0.15) is 16.5 Å².